The first kappa shape index (κ1) is 9.88. The van der Waals surface area contributed by atoms with Crippen LogP contribution in [-0.2, 0) is 4.79 Å². The van der Waals surface area contributed by atoms with Crippen LogP contribution < -0.4 is 5.73 Å². The molecule has 0 bridgehead atoms. The van der Waals surface area contributed by atoms with Gasteiger partial charge in [-0.15, -0.1) is 0 Å². The highest BCUT2D eigenvalue weighted by atomic mass is 35.5. The van der Waals surface area contributed by atoms with Crippen LogP contribution in [0.2, 0.25) is 5.02 Å². The first-order chi connectivity index (χ1) is 6.02. The molecule has 0 amide bonds. The molecule has 0 saturated carbocycles. The van der Waals surface area contributed by atoms with Gasteiger partial charge in [-0.05, 0) is 6.07 Å². The highest BCUT2D eigenvalue weighted by molar-refractivity contribution is 6.30. The molecule has 1 heterocycles. The number of rotatable bonds is 2. The van der Waals surface area contributed by atoms with Gasteiger partial charge in [0.2, 0.25) is 5.95 Å². The van der Waals surface area contributed by atoms with Crippen molar-refractivity contribution in [1.82, 2.24) is 4.98 Å². The topological polar surface area (TPSA) is 76.2 Å². The molecular formula is C7H6ClFN2O2. The van der Waals surface area contributed by atoms with Crippen LogP contribution in [0.25, 0.3) is 0 Å². The quantitative estimate of drug-likeness (QED) is 0.704. The van der Waals surface area contributed by atoms with E-state index in [2.05, 4.69) is 4.98 Å². The van der Waals surface area contributed by atoms with Crippen LogP contribution in [0.1, 0.15) is 11.6 Å². The third-order valence-electron chi connectivity index (χ3n) is 1.44. The molecule has 0 radical (unpaired) electrons. The van der Waals surface area contributed by atoms with Crippen LogP contribution >= 0.6 is 11.6 Å². The normalized spacial score (nSPS) is 12.5. The second-order valence-corrected chi connectivity index (χ2v) is 2.76. The van der Waals surface area contributed by atoms with Crippen molar-refractivity contribution >= 4 is 17.6 Å². The molecule has 0 saturated heterocycles. The second kappa shape index (κ2) is 3.68. The van der Waals surface area contributed by atoms with E-state index in [4.69, 9.17) is 22.4 Å². The smallest absolute Gasteiger partial charge is 0.325 e. The molecule has 1 rings (SSSR count). The number of halogens is 2. The number of hydrogen-bond donors (Lipinski definition) is 2. The molecule has 0 aliphatic carbocycles. The highest BCUT2D eigenvalue weighted by Crippen LogP contribution is 2.17. The number of nitrogens with two attached hydrogens (primary N) is 1. The van der Waals surface area contributed by atoms with Crippen molar-refractivity contribution in [2.24, 2.45) is 5.73 Å². The van der Waals surface area contributed by atoms with E-state index in [1.54, 1.807) is 0 Å². The van der Waals surface area contributed by atoms with E-state index >= 15 is 0 Å². The lowest BCUT2D eigenvalue weighted by Gasteiger charge is -2.05. The molecule has 0 aliphatic rings. The van der Waals surface area contributed by atoms with Crippen molar-refractivity contribution in [1.29, 1.82) is 0 Å². The summed E-state index contributed by atoms with van der Waals surface area (Å²) in [6, 6.07) is -0.0894. The van der Waals surface area contributed by atoms with Gasteiger partial charge < -0.3 is 10.8 Å². The Morgan fingerprint density at radius 3 is 2.85 bits per heavy atom. The van der Waals surface area contributed by atoms with Gasteiger partial charge in [0.15, 0.2) is 0 Å². The zero-order chi connectivity index (χ0) is 10.0. The Balaban J connectivity index is 3.03. The van der Waals surface area contributed by atoms with Gasteiger partial charge in [0.05, 0.1) is 5.02 Å². The van der Waals surface area contributed by atoms with Crippen molar-refractivity contribution in [3.8, 4) is 0 Å². The van der Waals surface area contributed by atoms with E-state index < -0.39 is 18.0 Å². The van der Waals surface area contributed by atoms with Gasteiger partial charge in [-0.25, -0.2) is 4.98 Å². The summed E-state index contributed by atoms with van der Waals surface area (Å²) < 4.78 is 12.5. The Bertz CT molecular complexity index is 345. The zero-order valence-corrected chi connectivity index (χ0v) is 7.12. The molecule has 0 fully saturated rings. The molecule has 70 valence electrons. The van der Waals surface area contributed by atoms with E-state index in [0.717, 1.165) is 12.3 Å². The van der Waals surface area contributed by atoms with Gasteiger partial charge in [-0.3, -0.25) is 4.79 Å². The summed E-state index contributed by atoms with van der Waals surface area (Å²) in [6.45, 7) is 0. The standard InChI is InChI=1S/C7H6ClFN2O2/c8-4-1-3(2-11-6(4)9)5(10)7(12)13/h1-2,5H,10H2,(H,12,13)/t5-/m0/s1. The number of pyridine rings is 1. The average Bonchev–Trinajstić information content (AvgIpc) is 2.08. The minimum atomic E-state index is -1.23. The summed E-state index contributed by atoms with van der Waals surface area (Å²) in [4.78, 5) is 13.6. The van der Waals surface area contributed by atoms with E-state index in [-0.39, 0.29) is 10.6 Å². The van der Waals surface area contributed by atoms with Crippen molar-refractivity contribution in [3.05, 3.63) is 28.8 Å². The molecular weight excluding hydrogens is 199 g/mol. The second-order valence-electron chi connectivity index (χ2n) is 2.36. The van der Waals surface area contributed by atoms with Crippen LogP contribution in [0.15, 0.2) is 12.3 Å². The molecule has 13 heavy (non-hydrogen) atoms. The Kier molecular flexibility index (Phi) is 2.79. The van der Waals surface area contributed by atoms with Crippen molar-refractivity contribution < 1.29 is 14.3 Å². The predicted octanol–water partition coefficient (Wildman–Crippen LogP) is 0.959. The Morgan fingerprint density at radius 2 is 2.38 bits per heavy atom. The van der Waals surface area contributed by atoms with Gasteiger partial charge in [0.1, 0.15) is 6.04 Å². The fourth-order valence-electron chi connectivity index (χ4n) is 0.749. The van der Waals surface area contributed by atoms with Gasteiger partial charge in [0, 0.05) is 11.8 Å². The molecule has 4 nitrogen and oxygen atoms in total. The third kappa shape index (κ3) is 2.13. The van der Waals surface area contributed by atoms with E-state index in [1.165, 1.54) is 0 Å². The van der Waals surface area contributed by atoms with Gasteiger partial charge in [-0.2, -0.15) is 4.39 Å². The number of nitrogens with zero attached hydrogens (tertiary/aromatic N) is 1. The largest absolute Gasteiger partial charge is 0.480 e. The van der Waals surface area contributed by atoms with Gasteiger partial charge >= 0.3 is 5.97 Å². The predicted molar refractivity (Wildman–Crippen MR) is 43.8 cm³/mol. The molecule has 1 aromatic rings. The number of aromatic nitrogens is 1. The minimum absolute atomic E-state index is 0.166. The van der Waals surface area contributed by atoms with Crippen LogP contribution in [0.5, 0.6) is 0 Å². The first-order valence-corrected chi connectivity index (χ1v) is 3.69. The van der Waals surface area contributed by atoms with Crippen LogP contribution in [0, 0.1) is 5.95 Å². The van der Waals surface area contributed by atoms with Gasteiger partial charge in [0.25, 0.3) is 0 Å². The molecule has 6 heteroatoms. The Labute approximate surface area is 78.1 Å². The summed E-state index contributed by atoms with van der Waals surface area (Å²) in [5.41, 5.74) is 5.40. The molecule has 0 aliphatic heterocycles. The van der Waals surface area contributed by atoms with Crippen LogP contribution in [0.3, 0.4) is 0 Å². The number of aliphatic carboxylic acids is 1. The summed E-state index contributed by atoms with van der Waals surface area (Å²) >= 11 is 5.38. The van der Waals surface area contributed by atoms with Crippen molar-refractivity contribution in [2.75, 3.05) is 0 Å². The maximum Gasteiger partial charge on any atom is 0.325 e. The summed E-state index contributed by atoms with van der Waals surface area (Å²) in [5.74, 6) is -2.06. The Hall–Kier alpha value is -1.20. The minimum Gasteiger partial charge on any atom is -0.480 e. The van der Waals surface area contributed by atoms with Crippen molar-refractivity contribution in [2.45, 2.75) is 6.04 Å². The van der Waals surface area contributed by atoms with Crippen LogP contribution in [-0.4, -0.2) is 16.1 Å². The highest BCUT2D eigenvalue weighted by Gasteiger charge is 2.15. The fourth-order valence-corrected chi connectivity index (χ4v) is 0.923. The van der Waals surface area contributed by atoms with E-state index in [9.17, 15) is 9.18 Å². The van der Waals surface area contributed by atoms with Crippen molar-refractivity contribution in [3.63, 3.8) is 0 Å². The maximum absolute atomic E-state index is 12.5. The number of carboxylic acid groups (broad SMARTS) is 1. The third-order valence-corrected chi connectivity index (χ3v) is 1.71. The summed E-state index contributed by atoms with van der Waals surface area (Å²) in [7, 11) is 0. The maximum atomic E-state index is 12.5. The number of hydrogen-bond acceptors (Lipinski definition) is 3. The summed E-state index contributed by atoms with van der Waals surface area (Å²) in [6.07, 6.45) is 1.04. The lowest BCUT2D eigenvalue weighted by molar-refractivity contribution is -0.138. The van der Waals surface area contributed by atoms with E-state index in [1.807, 2.05) is 0 Å². The van der Waals surface area contributed by atoms with Crippen LogP contribution in [0.4, 0.5) is 4.39 Å². The average molecular weight is 205 g/mol. The first-order valence-electron chi connectivity index (χ1n) is 3.31. The molecule has 3 N–H and O–H groups in total. The summed E-state index contributed by atoms with van der Waals surface area (Å²) in [5, 5.41) is 8.26. The SMILES string of the molecule is N[C@H](C(=O)O)c1cnc(F)c(Cl)c1. The molecule has 0 unspecified atom stereocenters. The molecule has 1 aromatic heterocycles. The molecule has 0 spiro atoms. The number of carboxylic acids is 1. The molecule has 1 atom stereocenters. The lowest BCUT2D eigenvalue weighted by Crippen LogP contribution is -2.20. The zero-order valence-electron chi connectivity index (χ0n) is 6.37. The Morgan fingerprint density at radius 1 is 1.77 bits per heavy atom. The molecule has 0 aromatic carbocycles. The van der Waals surface area contributed by atoms with E-state index in [0.29, 0.717) is 0 Å². The fraction of sp³-hybridized carbons (Fsp3) is 0.143. The lowest BCUT2D eigenvalue weighted by atomic mass is 10.1. The van der Waals surface area contributed by atoms with Gasteiger partial charge in [-0.1, -0.05) is 11.6 Å². The number of carbonyl (C=O) groups is 1. The monoisotopic (exact) mass is 204 g/mol.